The first kappa shape index (κ1) is 25.6. The van der Waals surface area contributed by atoms with Crippen LogP contribution >= 0.6 is 0 Å². The number of nitrogens with zero attached hydrogens (tertiary/aromatic N) is 6. The summed E-state index contributed by atoms with van der Waals surface area (Å²) in [5, 5.41) is 7.23. The SMILES string of the molecule is C=CC(=O)Nc1cc(Nc2nccc(-n3cc(C)c4ccccc43)n2)c(OC)nc1N(C)CCN(C)C. The van der Waals surface area contributed by atoms with E-state index in [-0.39, 0.29) is 5.91 Å². The van der Waals surface area contributed by atoms with E-state index in [1.807, 2.05) is 48.8 Å². The molecular weight excluding hydrogens is 468 g/mol. The summed E-state index contributed by atoms with van der Waals surface area (Å²) in [6.07, 6.45) is 4.97. The summed E-state index contributed by atoms with van der Waals surface area (Å²) in [6.45, 7) is 7.14. The van der Waals surface area contributed by atoms with Gasteiger partial charge in [0.15, 0.2) is 5.82 Å². The Bertz CT molecular complexity index is 1430. The molecule has 0 fully saturated rings. The predicted molar refractivity (Wildman–Crippen MR) is 148 cm³/mol. The largest absolute Gasteiger partial charge is 0.479 e. The van der Waals surface area contributed by atoms with Crippen molar-refractivity contribution in [2.24, 2.45) is 0 Å². The molecular formula is C27H32N8O2. The highest BCUT2D eigenvalue weighted by atomic mass is 16.5. The van der Waals surface area contributed by atoms with E-state index in [0.29, 0.717) is 41.4 Å². The Balaban J connectivity index is 1.71. The fourth-order valence-electron chi connectivity index (χ4n) is 3.96. The second-order valence-electron chi connectivity index (χ2n) is 8.90. The normalized spacial score (nSPS) is 11.0. The lowest BCUT2D eigenvalue weighted by Crippen LogP contribution is -2.30. The molecule has 0 spiro atoms. The van der Waals surface area contributed by atoms with Gasteiger partial charge in [-0.3, -0.25) is 4.79 Å². The van der Waals surface area contributed by atoms with Crippen molar-refractivity contribution in [2.45, 2.75) is 6.92 Å². The molecule has 0 atom stereocenters. The van der Waals surface area contributed by atoms with Gasteiger partial charge in [-0.2, -0.15) is 9.97 Å². The van der Waals surface area contributed by atoms with E-state index in [0.717, 1.165) is 23.0 Å². The van der Waals surface area contributed by atoms with E-state index in [9.17, 15) is 4.79 Å². The lowest BCUT2D eigenvalue weighted by Gasteiger charge is -2.24. The van der Waals surface area contributed by atoms with Crippen LogP contribution in [-0.4, -0.2) is 71.7 Å². The number of hydrogen-bond donors (Lipinski definition) is 2. The number of fused-ring (bicyclic) bond motifs is 1. The van der Waals surface area contributed by atoms with Crippen LogP contribution in [0.15, 0.2) is 61.4 Å². The number of pyridine rings is 1. The molecule has 37 heavy (non-hydrogen) atoms. The van der Waals surface area contributed by atoms with Gasteiger partial charge >= 0.3 is 0 Å². The van der Waals surface area contributed by atoms with Crippen LogP contribution in [0.2, 0.25) is 0 Å². The number of rotatable bonds is 10. The number of likely N-dealkylation sites (N-methyl/N-ethyl adjacent to an activating group) is 2. The summed E-state index contributed by atoms with van der Waals surface area (Å²) < 4.78 is 7.63. The molecule has 3 heterocycles. The standard InChI is InChI=1S/C27H32N8O2/c1-7-24(36)29-20-16-21(26(37-6)32-25(20)34(5)15-14-33(3)4)30-27-28-13-12-23(31-27)35-17-18(2)19-10-8-9-11-22(19)35/h7-13,16-17H,1,14-15H2,2-6H3,(H,29,36)(H,28,30,31). The van der Waals surface area contributed by atoms with Crippen LogP contribution < -0.4 is 20.3 Å². The number of amides is 1. The highest BCUT2D eigenvalue weighted by Gasteiger charge is 2.18. The summed E-state index contributed by atoms with van der Waals surface area (Å²) in [5.74, 6) is 1.66. The van der Waals surface area contributed by atoms with Gasteiger partial charge in [0.25, 0.3) is 0 Å². The fourth-order valence-corrected chi connectivity index (χ4v) is 3.96. The Hall–Kier alpha value is -4.44. The Labute approximate surface area is 216 Å². The van der Waals surface area contributed by atoms with Crippen molar-refractivity contribution >= 4 is 40.0 Å². The van der Waals surface area contributed by atoms with Crippen LogP contribution in [0.1, 0.15) is 5.56 Å². The smallest absolute Gasteiger partial charge is 0.247 e. The number of ether oxygens (including phenoxy) is 1. The molecule has 192 valence electrons. The van der Waals surface area contributed by atoms with E-state index in [1.165, 1.54) is 6.08 Å². The minimum Gasteiger partial charge on any atom is -0.479 e. The van der Waals surface area contributed by atoms with Crippen LogP contribution in [0.3, 0.4) is 0 Å². The monoisotopic (exact) mass is 500 g/mol. The van der Waals surface area contributed by atoms with Crippen LogP contribution in [0.4, 0.5) is 23.1 Å². The number of para-hydroxylation sites is 1. The van der Waals surface area contributed by atoms with E-state index in [4.69, 9.17) is 14.7 Å². The maximum absolute atomic E-state index is 12.2. The first-order valence-electron chi connectivity index (χ1n) is 11.9. The van der Waals surface area contributed by atoms with Crippen molar-refractivity contribution < 1.29 is 9.53 Å². The zero-order valence-electron chi connectivity index (χ0n) is 21.8. The number of aryl methyl sites for hydroxylation is 1. The highest BCUT2D eigenvalue weighted by molar-refractivity contribution is 6.01. The van der Waals surface area contributed by atoms with Crippen molar-refractivity contribution in [3.63, 3.8) is 0 Å². The maximum Gasteiger partial charge on any atom is 0.247 e. The Morgan fingerprint density at radius 3 is 2.65 bits per heavy atom. The Morgan fingerprint density at radius 1 is 1.14 bits per heavy atom. The van der Waals surface area contributed by atoms with Crippen molar-refractivity contribution in [1.29, 1.82) is 0 Å². The van der Waals surface area contributed by atoms with Crippen molar-refractivity contribution in [3.05, 3.63) is 67.0 Å². The average molecular weight is 501 g/mol. The first-order chi connectivity index (χ1) is 17.8. The van der Waals surface area contributed by atoms with E-state index >= 15 is 0 Å². The first-order valence-corrected chi connectivity index (χ1v) is 11.9. The van der Waals surface area contributed by atoms with Gasteiger partial charge in [-0.05, 0) is 50.9 Å². The Kier molecular flexibility index (Phi) is 7.69. The molecule has 0 aliphatic carbocycles. The molecule has 10 heteroatoms. The quantitative estimate of drug-likeness (QED) is 0.315. The third kappa shape index (κ3) is 5.70. The fraction of sp³-hybridized carbons (Fsp3) is 0.259. The average Bonchev–Trinajstić information content (AvgIpc) is 3.24. The van der Waals surface area contributed by atoms with Crippen molar-refractivity contribution in [2.75, 3.05) is 56.9 Å². The van der Waals surface area contributed by atoms with Crippen LogP contribution in [0.5, 0.6) is 5.88 Å². The van der Waals surface area contributed by atoms with Gasteiger partial charge in [0.1, 0.15) is 11.5 Å². The van der Waals surface area contributed by atoms with Crippen LogP contribution in [0.25, 0.3) is 16.7 Å². The summed E-state index contributed by atoms with van der Waals surface area (Å²) in [7, 11) is 7.46. The number of methoxy groups -OCH3 is 1. The van der Waals surface area contributed by atoms with Gasteiger partial charge in [0.2, 0.25) is 17.7 Å². The van der Waals surface area contributed by atoms with Gasteiger partial charge < -0.3 is 29.7 Å². The predicted octanol–water partition coefficient (Wildman–Crippen LogP) is 4.00. The lowest BCUT2D eigenvalue weighted by atomic mass is 10.2. The van der Waals surface area contributed by atoms with Gasteiger partial charge in [0, 0.05) is 37.9 Å². The molecule has 0 saturated carbocycles. The molecule has 0 bridgehead atoms. The summed E-state index contributed by atoms with van der Waals surface area (Å²) in [6, 6.07) is 11.8. The van der Waals surface area contributed by atoms with Gasteiger partial charge in [-0.25, -0.2) is 4.98 Å². The number of nitrogens with one attached hydrogen (secondary N) is 2. The highest BCUT2D eigenvalue weighted by Crippen LogP contribution is 2.34. The van der Waals surface area contributed by atoms with Gasteiger partial charge in [-0.1, -0.05) is 24.8 Å². The Morgan fingerprint density at radius 2 is 1.92 bits per heavy atom. The minimum absolute atomic E-state index is 0.340. The zero-order valence-corrected chi connectivity index (χ0v) is 21.8. The second-order valence-corrected chi connectivity index (χ2v) is 8.90. The molecule has 0 unspecified atom stereocenters. The number of hydrogen-bond acceptors (Lipinski definition) is 8. The molecule has 0 aliphatic rings. The van der Waals surface area contributed by atoms with E-state index in [2.05, 4.69) is 52.3 Å². The summed E-state index contributed by atoms with van der Waals surface area (Å²) >= 11 is 0. The number of carbonyl (C=O) groups is 1. The number of benzene rings is 1. The van der Waals surface area contributed by atoms with Crippen LogP contribution in [0, 0.1) is 6.92 Å². The maximum atomic E-state index is 12.2. The molecule has 2 N–H and O–H groups in total. The van der Waals surface area contributed by atoms with E-state index < -0.39 is 0 Å². The molecule has 3 aromatic heterocycles. The molecule has 1 amide bonds. The third-order valence-corrected chi connectivity index (χ3v) is 5.89. The summed E-state index contributed by atoms with van der Waals surface area (Å²) in [5.41, 5.74) is 3.24. The molecule has 4 aromatic rings. The molecule has 0 radical (unpaired) electrons. The van der Waals surface area contributed by atoms with E-state index in [1.54, 1.807) is 19.4 Å². The zero-order chi connectivity index (χ0) is 26.5. The number of aromatic nitrogens is 4. The third-order valence-electron chi connectivity index (χ3n) is 5.89. The molecule has 4 rings (SSSR count). The second kappa shape index (κ2) is 11.1. The van der Waals surface area contributed by atoms with Crippen LogP contribution in [-0.2, 0) is 4.79 Å². The minimum atomic E-state index is -0.340. The number of anilines is 4. The van der Waals surface area contributed by atoms with Crippen molar-refractivity contribution in [3.8, 4) is 11.7 Å². The molecule has 0 aliphatic heterocycles. The topological polar surface area (TPSA) is 100 Å². The van der Waals surface area contributed by atoms with Gasteiger partial charge in [-0.15, -0.1) is 0 Å². The summed E-state index contributed by atoms with van der Waals surface area (Å²) in [4.78, 5) is 30.0. The molecule has 0 saturated heterocycles. The molecule has 10 nitrogen and oxygen atoms in total. The number of carbonyl (C=O) groups excluding carboxylic acids is 1. The molecule has 1 aromatic carbocycles. The van der Waals surface area contributed by atoms with Gasteiger partial charge in [0.05, 0.1) is 18.3 Å². The van der Waals surface area contributed by atoms with Crippen molar-refractivity contribution in [1.82, 2.24) is 24.4 Å². The lowest BCUT2D eigenvalue weighted by molar-refractivity contribution is -0.111.